The van der Waals surface area contributed by atoms with Gasteiger partial charge in [-0.2, -0.15) is 0 Å². The summed E-state index contributed by atoms with van der Waals surface area (Å²) in [5.74, 6) is 0.305. The van der Waals surface area contributed by atoms with Crippen molar-refractivity contribution >= 4 is 12.1 Å². The third kappa shape index (κ3) is 7.42. The zero-order valence-electron chi connectivity index (χ0n) is 18.6. The van der Waals surface area contributed by atoms with E-state index in [2.05, 4.69) is 5.32 Å². The van der Waals surface area contributed by atoms with E-state index < -0.39 is 6.09 Å². The zero-order valence-corrected chi connectivity index (χ0v) is 18.6. The maximum absolute atomic E-state index is 12.8. The number of carbonyl (C=O) groups is 2. The molecule has 2 aliphatic carbocycles. The summed E-state index contributed by atoms with van der Waals surface area (Å²) >= 11 is 0. The first-order valence-corrected chi connectivity index (χ1v) is 11.6. The van der Waals surface area contributed by atoms with Gasteiger partial charge in [0, 0.05) is 19.1 Å². The third-order valence-electron chi connectivity index (χ3n) is 6.48. The normalized spacial score (nSPS) is 18.1. The van der Waals surface area contributed by atoms with Gasteiger partial charge in [-0.1, -0.05) is 25.0 Å². The van der Waals surface area contributed by atoms with Gasteiger partial charge in [-0.15, -0.1) is 0 Å². The van der Waals surface area contributed by atoms with Crippen LogP contribution >= 0.6 is 0 Å². The molecule has 7 nitrogen and oxygen atoms in total. The Morgan fingerprint density at radius 2 is 1.74 bits per heavy atom. The second-order valence-electron chi connectivity index (χ2n) is 8.77. The third-order valence-corrected chi connectivity index (χ3v) is 6.48. The van der Waals surface area contributed by atoms with Crippen LogP contribution in [0.15, 0.2) is 24.3 Å². The van der Waals surface area contributed by atoms with E-state index in [0.717, 1.165) is 44.1 Å². The first-order valence-electron chi connectivity index (χ1n) is 11.6. The Morgan fingerprint density at radius 1 is 1.10 bits per heavy atom. The minimum absolute atomic E-state index is 0.00347. The molecule has 2 fully saturated rings. The van der Waals surface area contributed by atoms with Gasteiger partial charge in [-0.05, 0) is 69.1 Å². The Hall–Kier alpha value is -2.28. The van der Waals surface area contributed by atoms with E-state index in [0.29, 0.717) is 19.0 Å². The molecule has 1 amide bonds. The molecule has 0 spiro atoms. The Balaban J connectivity index is 1.46. The highest BCUT2D eigenvalue weighted by atomic mass is 16.6. The van der Waals surface area contributed by atoms with Crippen LogP contribution < -0.4 is 5.32 Å². The molecule has 2 aliphatic rings. The minimum atomic E-state index is -0.450. The van der Waals surface area contributed by atoms with Gasteiger partial charge in [0.25, 0.3) is 0 Å². The average molecular weight is 433 g/mol. The zero-order chi connectivity index (χ0) is 22.1. The smallest absolute Gasteiger partial charge is 0.410 e. The molecule has 0 heterocycles. The fourth-order valence-electron chi connectivity index (χ4n) is 4.58. The van der Waals surface area contributed by atoms with Crippen molar-refractivity contribution in [2.24, 2.45) is 5.92 Å². The lowest BCUT2D eigenvalue weighted by Crippen LogP contribution is -2.46. The predicted molar refractivity (Wildman–Crippen MR) is 118 cm³/mol. The number of esters is 1. The maximum Gasteiger partial charge on any atom is 0.410 e. The summed E-state index contributed by atoms with van der Waals surface area (Å²) in [6, 6.07) is 6.93. The molecule has 0 saturated heterocycles. The lowest BCUT2D eigenvalue weighted by Gasteiger charge is -2.32. The molecule has 1 atom stereocenters. The molecule has 0 radical (unpaired) electrons. The van der Waals surface area contributed by atoms with Crippen molar-refractivity contribution in [2.75, 3.05) is 19.7 Å². The van der Waals surface area contributed by atoms with E-state index in [4.69, 9.17) is 9.47 Å². The van der Waals surface area contributed by atoms with Crippen molar-refractivity contribution in [3.63, 3.8) is 0 Å². The summed E-state index contributed by atoms with van der Waals surface area (Å²) in [5, 5.41) is 12.5. The van der Waals surface area contributed by atoms with Crippen LogP contribution in [0.2, 0.25) is 0 Å². The number of nitrogens with one attached hydrogen (secondary N) is 1. The van der Waals surface area contributed by atoms with Crippen LogP contribution in [0.4, 0.5) is 4.79 Å². The number of phenols is 1. The van der Waals surface area contributed by atoms with Gasteiger partial charge in [0.1, 0.15) is 25.0 Å². The Morgan fingerprint density at radius 3 is 2.42 bits per heavy atom. The summed E-state index contributed by atoms with van der Waals surface area (Å²) in [7, 11) is 0. The number of amides is 1. The SMILES string of the molecule is CC(C1CCCC1)N(CC(=O)OC1CCCC1)C(=O)OCCNCc1ccc(O)cc1. The van der Waals surface area contributed by atoms with Crippen molar-refractivity contribution in [1.82, 2.24) is 10.2 Å². The number of nitrogens with zero attached hydrogens (tertiary/aromatic N) is 1. The topological polar surface area (TPSA) is 88.1 Å². The van der Waals surface area contributed by atoms with Gasteiger partial charge in [-0.3, -0.25) is 9.69 Å². The number of phenolic OH excluding ortho intramolecular Hbond substituents is 1. The minimum Gasteiger partial charge on any atom is -0.508 e. The molecule has 172 valence electrons. The van der Waals surface area contributed by atoms with Gasteiger partial charge >= 0.3 is 12.1 Å². The van der Waals surface area contributed by atoms with E-state index >= 15 is 0 Å². The van der Waals surface area contributed by atoms with E-state index in [1.807, 2.05) is 19.1 Å². The van der Waals surface area contributed by atoms with Crippen LogP contribution in [0.5, 0.6) is 5.75 Å². The lowest BCUT2D eigenvalue weighted by atomic mass is 9.98. The van der Waals surface area contributed by atoms with E-state index in [-0.39, 0.29) is 37.0 Å². The quantitative estimate of drug-likeness (QED) is 0.429. The van der Waals surface area contributed by atoms with Crippen molar-refractivity contribution in [3.05, 3.63) is 29.8 Å². The number of benzene rings is 1. The molecule has 1 aromatic carbocycles. The summed E-state index contributed by atoms with van der Waals surface area (Å²) < 4.78 is 11.1. The molecule has 7 heteroatoms. The van der Waals surface area contributed by atoms with Crippen LogP contribution in [-0.2, 0) is 20.8 Å². The number of carbonyl (C=O) groups excluding carboxylic acids is 2. The van der Waals surface area contributed by atoms with Crippen molar-refractivity contribution < 1.29 is 24.2 Å². The molecule has 31 heavy (non-hydrogen) atoms. The second kappa shape index (κ2) is 11.9. The number of ether oxygens (including phenoxy) is 2. The molecule has 0 aromatic heterocycles. The Kier molecular flexibility index (Phi) is 9.00. The van der Waals surface area contributed by atoms with Crippen LogP contribution in [0.25, 0.3) is 0 Å². The highest BCUT2D eigenvalue weighted by molar-refractivity contribution is 5.78. The fraction of sp³-hybridized carbons (Fsp3) is 0.667. The van der Waals surface area contributed by atoms with Gasteiger partial charge in [0.05, 0.1) is 0 Å². The molecule has 3 rings (SSSR count). The molecular weight excluding hydrogens is 396 g/mol. The molecule has 0 bridgehead atoms. The number of hydrogen-bond donors (Lipinski definition) is 2. The highest BCUT2D eigenvalue weighted by Crippen LogP contribution is 2.30. The van der Waals surface area contributed by atoms with E-state index in [1.54, 1.807) is 17.0 Å². The first-order chi connectivity index (χ1) is 15.0. The summed E-state index contributed by atoms with van der Waals surface area (Å²) in [6.07, 6.45) is 8.08. The van der Waals surface area contributed by atoms with E-state index in [9.17, 15) is 14.7 Å². The first kappa shape index (κ1) is 23.4. The summed E-state index contributed by atoms with van der Waals surface area (Å²) in [6.45, 7) is 3.32. The number of rotatable bonds is 10. The largest absolute Gasteiger partial charge is 0.508 e. The Bertz CT molecular complexity index is 696. The molecular formula is C24H36N2O5. The molecule has 1 unspecified atom stereocenters. The van der Waals surface area contributed by atoms with Gasteiger partial charge in [0.2, 0.25) is 0 Å². The number of aromatic hydroxyl groups is 1. The highest BCUT2D eigenvalue weighted by Gasteiger charge is 2.32. The van der Waals surface area contributed by atoms with Crippen molar-refractivity contribution in [1.29, 1.82) is 0 Å². The average Bonchev–Trinajstić information content (AvgIpc) is 3.47. The molecule has 0 aliphatic heterocycles. The van der Waals surface area contributed by atoms with Crippen LogP contribution in [0.3, 0.4) is 0 Å². The molecule has 2 N–H and O–H groups in total. The van der Waals surface area contributed by atoms with Gasteiger partial charge in [-0.25, -0.2) is 4.79 Å². The van der Waals surface area contributed by atoms with Crippen molar-refractivity contribution in [2.45, 2.75) is 77.0 Å². The molecule has 2 saturated carbocycles. The monoisotopic (exact) mass is 432 g/mol. The maximum atomic E-state index is 12.8. The van der Waals surface area contributed by atoms with E-state index in [1.165, 1.54) is 12.8 Å². The van der Waals surface area contributed by atoms with Crippen molar-refractivity contribution in [3.8, 4) is 5.75 Å². The number of hydrogen-bond acceptors (Lipinski definition) is 6. The second-order valence-corrected chi connectivity index (χ2v) is 8.77. The van der Waals surface area contributed by atoms with Crippen LogP contribution in [0, 0.1) is 5.92 Å². The molecule has 1 aromatic rings. The Labute approximate surface area is 185 Å². The summed E-state index contributed by atoms with van der Waals surface area (Å²) in [4.78, 5) is 26.9. The summed E-state index contributed by atoms with van der Waals surface area (Å²) in [5.41, 5.74) is 1.04. The van der Waals surface area contributed by atoms with Crippen LogP contribution in [0.1, 0.15) is 63.9 Å². The fourth-order valence-corrected chi connectivity index (χ4v) is 4.58. The van der Waals surface area contributed by atoms with Gasteiger partial charge in [0.15, 0.2) is 0 Å². The predicted octanol–water partition coefficient (Wildman–Crippen LogP) is 3.98. The van der Waals surface area contributed by atoms with Gasteiger partial charge < -0.3 is 19.9 Å². The standard InChI is InChI=1S/C24H36N2O5/c1-18(20-6-2-3-7-20)26(17-23(28)31-22-8-4-5-9-22)24(29)30-15-14-25-16-19-10-12-21(27)13-11-19/h10-13,18,20,22,25,27H,2-9,14-17H2,1H3. The lowest BCUT2D eigenvalue weighted by molar-refractivity contribution is -0.150. The van der Waals surface area contributed by atoms with Crippen LogP contribution in [-0.4, -0.2) is 53.9 Å².